The predicted molar refractivity (Wildman–Crippen MR) is 79.5 cm³/mol. The monoisotopic (exact) mass is 381 g/mol. The Bertz CT molecular complexity index is 545. The van der Waals surface area contributed by atoms with Gasteiger partial charge in [0, 0.05) is 13.0 Å². The van der Waals surface area contributed by atoms with Gasteiger partial charge in [0.25, 0.3) is 0 Å². The fourth-order valence-electron chi connectivity index (χ4n) is 2.06. The molecule has 8 heteroatoms. The molecule has 0 spiro atoms. The van der Waals surface area contributed by atoms with E-state index in [2.05, 4.69) is 15.9 Å². The first-order valence-electron chi connectivity index (χ1n) is 6.49. The molecule has 116 valence electrons. The SMILES string of the molecule is CCCOC1C(Cl)CC1Oc1c(Br)cc(F)cc1[N+](=O)[O-]. The Morgan fingerprint density at radius 1 is 1.57 bits per heavy atom. The van der Waals surface area contributed by atoms with Crippen molar-refractivity contribution in [2.45, 2.75) is 37.4 Å². The summed E-state index contributed by atoms with van der Waals surface area (Å²) in [5.74, 6) is -0.705. The summed E-state index contributed by atoms with van der Waals surface area (Å²) in [7, 11) is 0. The van der Waals surface area contributed by atoms with Crippen LogP contribution in [0.5, 0.6) is 5.75 Å². The summed E-state index contributed by atoms with van der Waals surface area (Å²) in [4.78, 5) is 10.3. The molecule has 21 heavy (non-hydrogen) atoms. The minimum absolute atomic E-state index is 0.0000603. The Hall–Kier alpha value is -0.920. The van der Waals surface area contributed by atoms with Crippen LogP contribution in [0.15, 0.2) is 16.6 Å². The summed E-state index contributed by atoms with van der Waals surface area (Å²) in [5, 5.41) is 10.8. The predicted octanol–water partition coefficient (Wildman–Crippen LogP) is 4.05. The molecule has 1 aliphatic rings. The second kappa shape index (κ2) is 6.89. The smallest absolute Gasteiger partial charge is 0.315 e. The van der Waals surface area contributed by atoms with Crippen molar-refractivity contribution in [2.24, 2.45) is 0 Å². The molecule has 0 heterocycles. The second-order valence-corrected chi connectivity index (χ2v) is 6.15. The number of nitro benzene ring substituents is 1. The number of benzene rings is 1. The zero-order chi connectivity index (χ0) is 15.6. The van der Waals surface area contributed by atoms with Gasteiger partial charge in [-0.05, 0) is 28.4 Å². The number of rotatable bonds is 6. The van der Waals surface area contributed by atoms with E-state index in [4.69, 9.17) is 21.1 Å². The molecule has 2 rings (SSSR count). The quantitative estimate of drug-likeness (QED) is 0.423. The van der Waals surface area contributed by atoms with Crippen molar-refractivity contribution in [1.82, 2.24) is 0 Å². The minimum Gasteiger partial charge on any atom is -0.480 e. The molecular formula is C13H14BrClFNO4. The van der Waals surface area contributed by atoms with Crippen molar-refractivity contribution in [1.29, 1.82) is 0 Å². The van der Waals surface area contributed by atoms with Crippen LogP contribution in [0.4, 0.5) is 10.1 Å². The molecule has 0 amide bonds. The first kappa shape index (κ1) is 16.5. The van der Waals surface area contributed by atoms with Crippen LogP contribution >= 0.6 is 27.5 Å². The molecule has 1 aromatic rings. The van der Waals surface area contributed by atoms with Crippen LogP contribution in [0.1, 0.15) is 19.8 Å². The van der Waals surface area contributed by atoms with Crippen LogP contribution in [-0.2, 0) is 4.74 Å². The third-order valence-electron chi connectivity index (χ3n) is 3.15. The molecule has 0 aliphatic heterocycles. The highest BCUT2D eigenvalue weighted by molar-refractivity contribution is 9.10. The van der Waals surface area contributed by atoms with Crippen LogP contribution in [-0.4, -0.2) is 29.1 Å². The van der Waals surface area contributed by atoms with E-state index < -0.39 is 16.4 Å². The lowest BCUT2D eigenvalue weighted by molar-refractivity contribution is -0.386. The molecule has 0 saturated heterocycles. The molecular weight excluding hydrogens is 369 g/mol. The second-order valence-electron chi connectivity index (χ2n) is 4.74. The fourth-order valence-corrected chi connectivity index (χ4v) is 2.98. The van der Waals surface area contributed by atoms with E-state index in [0.717, 1.165) is 18.6 Å². The van der Waals surface area contributed by atoms with Crippen LogP contribution in [0.2, 0.25) is 0 Å². The van der Waals surface area contributed by atoms with Gasteiger partial charge in [0.2, 0.25) is 5.75 Å². The molecule has 1 fully saturated rings. The zero-order valence-corrected chi connectivity index (χ0v) is 13.6. The van der Waals surface area contributed by atoms with Crippen molar-refractivity contribution in [3.63, 3.8) is 0 Å². The van der Waals surface area contributed by atoms with Crippen LogP contribution < -0.4 is 4.74 Å². The van der Waals surface area contributed by atoms with Gasteiger partial charge >= 0.3 is 5.69 Å². The fraction of sp³-hybridized carbons (Fsp3) is 0.538. The Kier molecular flexibility index (Phi) is 5.40. The third kappa shape index (κ3) is 3.64. The summed E-state index contributed by atoms with van der Waals surface area (Å²) in [6, 6.07) is 1.96. The van der Waals surface area contributed by atoms with Gasteiger partial charge in [-0.3, -0.25) is 10.1 Å². The molecule has 1 aromatic carbocycles. The number of nitrogens with zero attached hydrogens (tertiary/aromatic N) is 1. The first-order valence-corrected chi connectivity index (χ1v) is 7.72. The van der Waals surface area contributed by atoms with Crippen LogP contribution in [0.25, 0.3) is 0 Å². The van der Waals surface area contributed by atoms with Crippen molar-refractivity contribution in [3.8, 4) is 5.75 Å². The van der Waals surface area contributed by atoms with Gasteiger partial charge in [0.1, 0.15) is 18.0 Å². The van der Waals surface area contributed by atoms with E-state index in [1.807, 2.05) is 6.92 Å². The molecule has 0 aromatic heterocycles. The van der Waals surface area contributed by atoms with Gasteiger partial charge < -0.3 is 9.47 Å². The van der Waals surface area contributed by atoms with Crippen molar-refractivity contribution < 1.29 is 18.8 Å². The summed E-state index contributed by atoms with van der Waals surface area (Å²) in [5.41, 5.74) is -0.422. The van der Waals surface area contributed by atoms with E-state index >= 15 is 0 Å². The third-order valence-corrected chi connectivity index (χ3v) is 4.17. The number of ether oxygens (including phenoxy) is 2. The molecule has 1 aliphatic carbocycles. The van der Waals surface area contributed by atoms with E-state index in [1.54, 1.807) is 0 Å². The zero-order valence-electron chi connectivity index (χ0n) is 11.2. The molecule has 5 nitrogen and oxygen atoms in total. The van der Waals surface area contributed by atoms with Gasteiger partial charge in [-0.2, -0.15) is 0 Å². The molecule has 0 bridgehead atoms. The van der Waals surface area contributed by atoms with Crippen molar-refractivity contribution in [2.75, 3.05) is 6.61 Å². The van der Waals surface area contributed by atoms with E-state index in [9.17, 15) is 14.5 Å². The Morgan fingerprint density at radius 2 is 2.29 bits per heavy atom. The van der Waals surface area contributed by atoms with E-state index in [-0.39, 0.29) is 27.8 Å². The lowest BCUT2D eigenvalue weighted by atomic mass is 9.91. The number of hydrogen-bond donors (Lipinski definition) is 0. The summed E-state index contributed by atoms with van der Waals surface area (Å²) in [6.07, 6.45) is 0.673. The minimum atomic E-state index is -0.705. The molecule has 1 saturated carbocycles. The summed E-state index contributed by atoms with van der Waals surface area (Å²) < 4.78 is 24.7. The highest BCUT2D eigenvalue weighted by Crippen LogP contribution is 2.40. The number of hydrogen-bond acceptors (Lipinski definition) is 4. The van der Waals surface area contributed by atoms with E-state index in [1.165, 1.54) is 0 Å². The molecule has 0 N–H and O–H groups in total. The highest BCUT2D eigenvalue weighted by Gasteiger charge is 2.44. The highest BCUT2D eigenvalue weighted by atomic mass is 79.9. The van der Waals surface area contributed by atoms with Crippen LogP contribution in [0.3, 0.4) is 0 Å². The summed E-state index contributed by atoms with van der Waals surface area (Å²) >= 11 is 9.16. The average Bonchev–Trinajstić information content (AvgIpc) is 2.40. The Labute approximate surface area is 134 Å². The largest absolute Gasteiger partial charge is 0.480 e. The molecule has 0 radical (unpaired) electrons. The van der Waals surface area contributed by atoms with Crippen molar-refractivity contribution in [3.05, 3.63) is 32.5 Å². The first-order chi connectivity index (χ1) is 9.93. The lowest BCUT2D eigenvalue weighted by Gasteiger charge is -2.40. The number of halogens is 3. The van der Waals surface area contributed by atoms with Gasteiger partial charge in [0.15, 0.2) is 0 Å². The summed E-state index contributed by atoms with van der Waals surface area (Å²) in [6.45, 7) is 2.51. The maximum absolute atomic E-state index is 13.3. The normalized spacial score (nSPS) is 24.5. The van der Waals surface area contributed by atoms with Gasteiger partial charge in [-0.1, -0.05) is 6.92 Å². The standard InChI is InChI=1S/C13H14BrClFNO4/c1-2-3-20-13-9(15)6-11(13)21-12-8(14)4-7(16)5-10(12)17(18)19/h4-5,9,11,13H,2-3,6H2,1H3. The van der Waals surface area contributed by atoms with Crippen molar-refractivity contribution >= 4 is 33.2 Å². The molecule has 3 atom stereocenters. The Morgan fingerprint density at radius 3 is 2.86 bits per heavy atom. The van der Waals surface area contributed by atoms with Crippen LogP contribution in [0, 0.1) is 15.9 Å². The topological polar surface area (TPSA) is 61.6 Å². The van der Waals surface area contributed by atoms with Gasteiger partial charge in [-0.25, -0.2) is 4.39 Å². The van der Waals surface area contributed by atoms with Gasteiger partial charge in [-0.15, -0.1) is 11.6 Å². The molecule has 3 unspecified atom stereocenters. The maximum atomic E-state index is 13.3. The Balaban J connectivity index is 2.18. The van der Waals surface area contributed by atoms with E-state index in [0.29, 0.717) is 13.0 Å². The maximum Gasteiger partial charge on any atom is 0.315 e. The number of nitro groups is 1. The average molecular weight is 383 g/mol. The lowest BCUT2D eigenvalue weighted by Crippen LogP contribution is -2.52. The van der Waals surface area contributed by atoms with Gasteiger partial charge in [0.05, 0.1) is 20.8 Å². The number of alkyl halides is 1.